The van der Waals surface area contributed by atoms with E-state index in [4.69, 9.17) is 34.8 Å². The Balaban J connectivity index is 3.28. The standard InChI is InChI=1S/C7H7Cl3N2OS/c1-3(2)14(13)4-5(8)11-7(10)12-6(4)9/h3H,1-2H3. The van der Waals surface area contributed by atoms with Crippen LogP contribution in [0.15, 0.2) is 4.90 Å². The average molecular weight is 274 g/mol. The van der Waals surface area contributed by atoms with Crippen molar-refractivity contribution in [3.8, 4) is 0 Å². The number of rotatable bonds is 2. The molecule has 0 radical (unpaired) electrons. The summed E-state index contributed by atoms with van der Waals surface area (Å²) in [7, 11) is -1.31. The van der Waals surface area contributed by atoms with Gasteiger partial charge in [-0.2, -0.15) is 0 Å². The molecule has 78 valence electrons. The van der Waals surface area contributed by atoms with E-state index in [1.807, 2.05) is 0 Å². The first-order chi connectivity index (χ1) is 6.43. The Labute approximate surface area is 99.2 Å². The lowest BCUT2D eigenvalue weighted by atomic mass is 10.6. The SMILES string of the molecule is CC(C)S(=O)c1c(Cl)nc(Cl)nc1Cl. The van der Waals surface area contributed by atoms with Crippen molar-refractivity contribution in [2.75, 3.05) is 0 Å². The molecule has 7 heteroatoms. The maximum absolute atomic E-state index is 11.7. The van der Waals surface area contributed by atoms with Gasteiger partial charge in [0, 0.05) is 5.25 Å². The fraction of sp³-hybridized carbons (Fsp3) is 0.429. The average Bonchev–Trinajstić information content (AvgIpc) is 2.01. The third kappa shape index (κ3) is 2.57. The van der Waals surface area contributed by atoms with Crippen LogP contribution in [0.2, 0.25) is 15.6 Å². The third-order valence-corrected chi connectivity index (χ3v) is 3.97. The molecule has 1 heterocycles. The van der Waals surface area contributed by atoms with E-state index in [-0.39, 0.29) is 25.7 Å². The minimum absolute atomic E-state index is 0.0435. The predicted octanol–water partition coefficient (Wildman–Crippen LogP) is 2.95. The van der Waals surface area contributed by atoms with Crippen molar-refractivity contribution in [1.29, 1.82) is 0 Å². The first-order valence-electron chi connectivity index (χ1n) is 3.72. The molecule has 0 saturated carbocycles. The van der Waals surface area contributed by atoms with Gasteiger partial charge in [0.05, 0.1) is 10.8 Å². The molecule has 0 bridgehead atoms. The molecule has 0 fully saturated rings. The summed E-state index contributed by atoms with van der Waals surface area (Å²) in [6.45, 7) is 3.58. The van der Waals surface area contributed by atoms with Gasteiger partial charge in [-0.1, -0.05) is 37.0 Å². The largest absolute Gasteiger partial charge is 0.254 e. The van der Waals surface area contributed by atoms with Crippen molar-refractivity contribution in [3.05, 3.63) is 15.6 Å². The first kappa shape index (κ1) is 12.2. The van der Waals surface area contributed by atoms with Crippen LogP contribution in [0.3, 0.4) is 0 Å². The first-order valence-corrected chi connectivity index (χ1v) is 6.07. The van der Waals surface area contributed by atoms with Crippen LogP contribution >= 0.6 is 34.8 Å². The summed E-state index contributed by atoms with van der Waals surface area (Å²) in [6, 6.07) is 0. The highest BCUT2D eigenvalue weighted by atomic mass is 35.5. The van der Waals surface area contributed by atoms with Crippen LogP contribution in [0.5, 0.6) is 0 Å². The van der Waals surface area contributed by atoms with Crippen molar-refractivity contribution in [2.45, 2.75) is 24.0 Å². The monoisotopic (exact) mass is 272 g/mol. The second-order valence-electron chi connectivity index (χ2n) is 2.75. The van der Waals surface area contributed by atoms with Crippen LogP contribution in [0, 0.1) is 0 Å². The van der Waals surface area contributed by atoms with E-state index in [9.17, 15) is 4.21 Å². The fourth-order valence-electron chi connectivity index (χ4n) is 0.775. The molecule has 1 aromatic heterocycles. The summed E-state index contributed by atoms with van der Waals surface area (Å²) in [5.41, 5.74) is 0. The zero-order chi connectivity index (χ0) is 10.9. The zero-order valence-electron chi connectivity index (χ0n) is 7.42. The van der Waals surface area contributed by atoms with E-state index in [1.54, 1.807) is 13.8 Å². The van der Waals surface area contributed by atoms with Gasteiger partial charge in [-0.25, -0.2) is 9.97 Å². The van der Waals surface area contributed by atoms with E-state index < -0.39 is 10.8 Å². The van der Waals surface area contributed by atoms with Crippen molar-refractivity contribution in [3.63, 3.8) is 0 Å². The lowest BCUT2D eigenvalue weighted by Gasteiger charge is -2.08. The normalized spacial score (nSPS) is 13.3. The molecule has 1 unspecified atom stereocenters. The molecule has 0 spiro atoms. The van der Waals surface area contributed by atoms with Gasteiger partial charge in [-0.05, 0) is 11.6 Å². The van der Waals surface area contributed by atoms with E-state index in [0.717, 1.165) is 0 Å². The minimum Gasteiger partial charge on any atom is -0.254 e. The Morgan fingerprint density at radius 1 is 1.14 bits per heavy atom. The van der Waals surface area contributed by atoms with E-state index in [0.29, 0.717) is 0 Å². The van der Waals surface area contributed by atoms with Crippen LogP contribution < -0.4 is 0 Å². The summed E-state index contributed by atoms with van der Waals surface area (Å²) in [6.07, 6.45) is 0. The van der Waals surface area contributed by atoms with Gasteiger partial charge in [-0.3, -0.25) is 4.21 Å². The second-order valence-corrected chi connectivity index (χ2v) is 5.75. The number of nitrogens with zero attached hydrogens (tertiary/aromatic N) is 2. The number of hydrogen-bond donors (Lipinski definition) is 0. The number of hydrogen-bond acceptors (Lipinski definition) is 3. The van der Waals surface area contributed by atoms with Crippen molar-refractivity contribution in [1.82, 2.24) is 9.97 Å². The topological polar surface area (TPSA) is 42.9 Å². The van der Waals surface area contributed by atoms with Crippen molar-refractivity contribution < 1.29 is 4.21 Å². The minimum atomic E-state index is -1.31. The summed E-state index contributed by atoms with van der Waals surface area (Å²) in [5.74, 6) is 0. The van der Waals surface area contributed by atoms with Crippen LogP contribution in [0.1, 0.15) is 13.8 Å². The van der Waals surface area contributed by atoms with Gasteiger partial charge in [0.2, 0.25) is 5.28 Å². The third-order valence-electron chi connectivity index (χ3n) is 1.38. The maximum Gasteiger partial charge on any atom is 0.225 e. The number of aromatic nitrogens is 2. The summed E-state index contributed by atoms with van der Waals surface area (Å²) in [4.78, 5) is 7.60. The molecule has 0 aliphatic rings. The van der Waals surface area contributed by atoms with Gasteiger partial charge < -0.3 is 0 Å². The Hall–Kier alpha value is 0.1000. The molecule has 0 aliphatic carbocycles. The van der Waals surface area contributed by atoms with Crippen LogP contribution in [-0.2, 0) is 10.8 Å². The molecular weight excluding hydrogens is 267 g/mol. The molecule has 0 amide bonds. The number of halogens is 3. The van der Waals surface area contributed by atoms with Crippen LogP contribution in [-0.4, -0.2) is 19.4 Å². The van der Waals surface area contributed by atoms with E-state index in [1.165, 1.54) is 0 Å². The van der Waals surface area contributed by atoms with Crippen LogP contribution in [0.25, 0.3) is 0 Å². The summed E-state index contributed by atoms with van der Waals surface area (Å²) in [5, 5.41) is -0.0663. The molecular formula is C7H7Cl3N2OS. The van der Waals surface area contributed by atoms with Crippen molar-refractivity contribution >= 4 is 45.6 Å². The molecule has 0 aliphatic heterocycles. The van der Waals surface area contributed by atoms with E-state index >= 15 is 0 Å². The maximum atomic E-state index is 11.7. The Morgan fingerprint density at radius 2 is 1.57 bits per heavy atom. The fourth-order valence-corrected chi connectivity index (χ4v) is 2.77. The molecule has 3 nitrogen and oxygen atoms in total. The lowest BCUT2D eigenvalue weighted by molar-refractivity contribution is 0.676. The van der Waals surface area contributed by atoms with Crippen LogP contribution in [0.4, 0.5) is 0 Å². The Kier molecular flexibility index (Phi) is 4.13. The molecule has 1 aromatic rings. The molecule has 0 N–H and O–H groups in total. The molecule has 0 aromatic carbocycles. The Bertz CT molecular complexity index is 360. The zero-order valence-corrected chi connectivity index (χ0v) is 10.5. The smallest absolute Gasteiger partial charge is 0.225 e. The summed E-state index contributed by atoms with van der Waals surface area (Å²) >= 11 is 17.0. The molecule has 1 rings (SSSR count). The molecule has 0 saturated heterocycles. The molecule has 1 atom stereocenters. The van der Waals surface area contributed by atoms with Crippen molar-refractivity contribution in [2.24, 2.45) is 0 Å². The summed E-state index contributed by atoms with van der Waals surface area (Å²) < 4.78 is 11.7. The van der Waals surface area contributed by atoms with Gasteiger partial charge >= 0.3 is 0 Å². The highest BCUT2D eigenvalue weighted by molar-refractivity contribution is 7.85. The second kappa shape index (κ2) is 4.75. The van der Waals surface area contributed by atoms with Gasteiger partial charge in [0.15, 0.2) is 10.3 Å². The highest BCUT2D eigenvalue weighted by Gasteiger charge is 2.19. The van der Waals surface area contributed by atoms with Gasteiger partial charge in [0.1, 0.15) is 4.90 Å². The Morgan fingerprint density at radius 3 is 1.93 bits per heavy atom. The van der Waals surface area contributed by atoms with Gasteiger partial charge in [0.25, 0.3) is 0 Å². The molecule has 14 heavy (non-hydrogen) atoms. The highest BCUT2D eigenvalue weighted by Crippen LogP contribution is 2.27. The lowest BCUT2D eigenvalue weighted by Crippen LogP contribution is -2.08. The quantitative estimate of drug-likeness (QED) is 0.614. The van der Waals surface area contributed by atoms with E-state index in [2.05, 4.69) is 9.97 Å². The van der Waals surface area contributed by atoms with Gasteiger partial charge in [-0.15, -0.1) is 0 Å². The predicted molar refractivity (Wildman–Crippen MR) is 58.6 cm³/mol.